The topological polar surface area (TPSA) is 77.0 Å². The van der Waals surface area contributed by atoms with Gasteiger partial charge in [-0.15, -0.1) is 5.10 Å². The molecule has 1 fully saturated rings. The Hall–Kier alpha value is -1.43. The quantitative estimate of drug-likeness (QED) is 0.585. The number of aromatic nitrogens is 2. The van der Waals surface area contributed by atoms with Gasteiger partial charge in [0.15, 0.2) is 17.3 Å². The zero-order chi connectivity index (χ0) is 12.6. The zero-order valence-electron chi connectivity index (χ0n) is 9.60. The van der Waals surface area contributed by atoms with E-state index in [1.807, 2.05) is 13.8 Å². The van der Waals surface area contributed by atoms with Gasteiger partial charge in [-0.25, -0.2) is 0 Å². The highest BCUT2D eigenvalue weighted by atomic mass is 32.1. The molecule has 1 aliphatic rings. The molecule has 0 bridgehead atoms. The molecule has 90 valence electrons. The van der Waals surface area contributed by atoms with Gasteiger partial charge in [0.05, 0.1) is 6.20 Å². The Balaban J connectivity index is 2.25. The van der Waals surface area contributed by atoms with Gasteiger partial charge in [0.2, 0.25) is 0 Å². The molecule has 0 radical (unpaired) electrons. The molecule has 0 spiro atoms. The molecule has 6 heteroatoms. The average molecular weight is 252 g/mol. The highest BCUT2D eigenvalue weighted by Crippen LogP contribution is 2.35. The lowest BCUT2D eigenvalue weighted by molar-refractivity contribution is -0.137. The molecule has 0 saturated heterocycles. The fourth-order valence-corrected chi connectivity index (χ4v) is 2.58. The molecule has 1 aliphatic carbocycles. The number of Topliss-reactive ketones (excluding diaryl/α,β-unsaturated/α-hetero) is 3. The molecule has 2 rings (SSSR count). The summed E-state index contributed by atoms with van der Waals surface area (Å²) in [7, 11) is 0. The molecule has 0 aromatic carbocycles. The molecule has 0 amide bonds. The van der Waals surface area contributed by atoms with E-state index in [0.29, 0.717) is 0 Å². The third-order valence-corrected chi connectivity index (χ3v) is 3.50. The minimum absolute atomic E-state index is 0.265. The van der Waals surface area contributed by atoms with E-state index in [2.05, 4.69) is 9.59 Å². The Labute approximate surface area is 102 Å². The van der Waals surface area contributed by atoms with E-state index in [0.717, 1.165) is 11.5 Å². The Morgan fingerprint density at radius 1 is 1.35 bits per heavy atom. The number of ketones is 3. The maximum atomic E-state index is 12.0. The minimum Gasteiger partial charge on any atom is -0.298 e. The van der Waals surface area contributed by atoms with Gasteiger partial charge in [-0.1, -0.05) is 18.3 Å². The molecule has 0 N–H and O–H groups in total. The first-order valence-electron chi connectivity index (χ1n) is 5.28. The molecule has 1 aromatic heterocycles. The van der Waals surface area contributed by atoms with Crippen LogP contribution in [0.2, 0.25) is 0 Å². The molecule has 5 nitrogen and oxygen atoms in total. The summed E-state index contributed by atoms with van der Waals surface area (Å²) in [5.74, 6) is -2.16. The van der Waals surface area contributed by atoms with Gasteiger partial charge >= 0.3 is 0 Å². The predicted molar refractivity (Wildman–Crippen MR) is 60.8 cm³/mol. The zero-order valence-corrected chi connectivity index (χ0v) is 10.4. The van der Waals surface area contributed by atoms with Gasteiger partial charge in [-0.2, -0.15) is 0 Å². The number of carbonyl (C=O) groups is 3. The average Bonchev–Trinajstić information content (AvgIpc) is 2.66. The number of carbonyl (C=O) groups excluding carboxylic acids is 3. The second kappa shape index (κ2) is 4.10. The van der Waals surface area contributed by atoms with Crippen LogP contribution in [0.1, 0.15) is 36.4 Å². The maximum absolute atomic E-state index is 12.0. The molecule has 1 aromatic rings. The molecule has 0 atom stereocenters. The summed E-state index contributed by atoms with van der Waals surface area (Å²) in [6, 6.07) is 0. The second-order valence-electron chi connectivity index (χ2n) is 5.03. The summed E-state index contributed by atoms with van der Waals surface area (Å²) in [6.45, 7) is 3.72. The Bertz CT molecular complexity index is 459. The van der Waals surface area contributed by atoms with Crippen LogP contribution >= 0.6 is 11.5 Å². The number of nitrogens with zero attached hydrogens (tertiary/aromatic N) is 2. The van der Waals surface area contributed by atoms with Crippen molar-refractivity contribution in [2.24, 2.45) is 11.3 Å². The molecule has 17 heavy (non-hydrogen) atoms. The highest BCUT2D eigenvalue weighted by molar-refractivity contribution is 7.07. The summed E-state index contributed by atoms with van der Waals surface area (Å²) in [5, 5.41) is 3.54. The summed E-state index contributed by atoms with van der Waals surface area (Å²) in [6.07, 6.45) is 1.83. The third-order valence-electron chi connectivity index (χ3n) is 2.82. The van der Waals surface area contributed by atoms with E-state index in [4.69, 9.17) is 0 Å². The van der Waals surface area contributed by atoms with E-state index >= 15 is 0 Å². The largest absolute Gasteiger partial charge is 0.298 e. The number of hydrogen-bond donors (Lipinski definition) is 0. The van der Waals surface area contributed by atoms with Gasteiger partial charge < -0.3 is 0 Å². The smallest absolute Gasteiger partial charge is 0.193 e. The summed E-state index contributed by atoms with van der Waals surface area (Å²) in [4.78, 5) is 36.0. The minimum atomic E-state index is -1.13. The van der Waals surface area contributed by atoms with Crippen LogP contribution < -0.4 is 0 Å². The molecule has 1 saturated carbocycles. The van der Waals surface area contributed by atoms with Gasteiger partial charge in [0.25, 0.3) is 0 Å². The predicted octanol–water partition coefficient (Wildman–Crippen LogP) is 1.30. The Kier molecular flexibility index (Phi) is 2.91. The van der Waals surface area contributed by atoms with E-state index in [9.17, 15) is 14.4 Å². The SMILES string of the molecule is CC1(C)CC(=O)C(C(=O)c2cnns2)C(=O)C1. The van der Waals surface area contributed by atoms with Crippen LogP contribution in [0.25, 0.3) is 0 Å². The lowest BCUT2D eigenvalue weighted by atomic mass is 9.70. The second-order valence-corrected chi connectivity index (χ2v) is 5.82. The first-order valence-corrected chi connectivity index (χ1v) is 6.05. The lowest BCUT2D eigenvalue weighted by Crippen LogP contribution is -2.41. The molecular formula is C11H12N2O3S. The molecule has 1 heterocycles. The van der Waals surface area contributed by atoms with Gasteiger partial charge in [0, 0.05) is 12.8 Å². The Morgan fingerprint density at radius 2 is 1.94 bits per heavy atom. The van der Waals surface area contributed by atoms with Gasteiger partial charge in [0.1, 0.15) is 10.8 Å². The van der Waals surface area contributed by atoms with Crippen molar-refractivity contribution in [3.63, 3.8) is 0 Å². The normalized spacial score (nSPS) is 20.6. The summed E-state index contributed by atoms with van der Waals surface area (Å²) in [5.41, 5.74) is -0.336. The van der Waals surface area contributed by atoms with Gasteiger partial charge in [-0.3, -0.25) is 14.4 Å². The van der Waals surface area contributed by atoms with Crippen molar-refractivity contribution in [3.05, 3.63) is 11.1 Å². The first kappa shape index (κ1) is 12.0. The number of rotatable bonds is 2. The van der Waals surface area contributed by atoms with Crippen LogP contribution in [-0.2, 0) is 9.59 Å². The van der Waals surface area contributed by atoms with Gasteiger partial charge in [-0.05, 0) is 16.9 Å². The molecular weight excluding hydrogens is 240 g/mol. The van der Waals surface area contributed by atoms with E-state index in [-0.39, 0.29) is 34.7 Å². The first-order chi connectivity index (χ1) is 7.91. The Morgan fingerprint density at radius 3 is 2.41 bits per heavy atom. The van der Waals surface area contributed by atoms with Crippen molar-refractivity contribution in [1.82, 2.24) is 9.59 Å². The monoisotopic (exact) mass is 252 g/mol. The van der Waals surface area contributed by atoms with Crippen LogP contribution in [0.15, 0.2) is 6.20 Å². The fourth-order valence-electron chi connectivity index (χ4n) is 2.10. The lowest BCUT2D eigenvalue weighted by Gasteiger charge is -2.30. The van der Waals surface area contributed by atoms with Crippen molar-refractivity contribution in [2.75, 3.05) is 0 Å². The van der Waals surface area contributed by atoms with Crippen molar-refractivity contribution in [1.29, 1.82) is 0 Å². The van der Waals surface area contributed by atoms with Crippen LogP contribution in [0.5, 0.6) is 0 Å². The summed E-state index contributed by atoms with van der Waals surface area (Å²) >= 11 is 0.914. The maximum Gasteiger partial charge on any atom is 0.193 e. The fraction of sp³-hybridized carbons (Fsp3) is 0.545. The summed E-state index contributed by atoms with van der Waals surface area (Å²) < 4.78 is 3.56. The van der Waals surface area contributed by atoms with Crippen molar-refractivity contribution in [2.45, 2.75) is 26.7 Å². The standard InChI is InChI=1S/C11H12N2O3S/c1-11(2)3-6(14)9(7(15)4-11)10(16)8-5-12-13-17-8/h5,9H,3-4H2,1-2H3. The van der Waals surface area contributed by atoms with E-state index in [1.54, 1.807) is 0 Å². The third kappa shape index (κ3) is 2.31. The van der Waals surface area contributed by atoms with E-state index < -0.39 is 11.7 Å². The van der Waals surface area contributed by atoms with Crippen LogP contribution in [-0.4, -0.2) is 26.9 Å². The van der Waals surface area contributed by atoms with E-state index in [1.165, 1.54) is 6.20 Å². The van der Waals surface area contributed by atoms with Crippen LogP contribution in [0, 0.1) is 11.3 Å². The van der Waals surface area contributed by atoms with Crippen LogP contribution in [0.3, 0.4) is 0 Å². The van der Waals surface area contributed by atoms with Crippen LogP contribution in [0.4, 0.5) is 0 Å². The van der Waals surface area contributed by atoms with Crippen molar-refractivity contribution < 1.29 is 14.4 Å². The highest BCUT2D eigenvalue weighted by Gasteiger charge is 2.43. The molecule has 0 aliphatic heterocycles. The number of hydrogen-bond acceptors (Lipinski definition) is 6. The van der Waals surface area contributed by atoms with Crippen molar-refractivity contribution in [3.8, 4) is 0 Å². The van der Waals surface area contributed by atoms with Crippen molar-refractivity contribution >= 4 is 28.9 Å². The molecule has 0 unspecified atom stereocenters.